The van der Waals surface area contributed by atoms with Gasteiger partial charge in [-0.25, -0.2) is 8.42 Å². The lowest BCUT2D eigenvalue weighted by Crippen LogP contribution is -2.20. The van der Waals surface area contributed by atoms with Crippen molar-refractivity contribution < 1.29 is 13.2 Å². The Morgan fingerprint density at radius 1 is 1.31 bits per heavy atom. The lowest BCUT2D eigenvalue weighted by molar-refractivity contribution is -0.116. The van der Waals surface area contributed by atoms with Crippen LogP contribution in [0.4, 0.5) is 5.69 Å². The molecule has 0 bridgehead atoms. The van der Waals surface area contributed by atoms with Crippen LogP contribution in [0.5, 0.6) is 0 Å². The van der Waals surface area contributed by atoms with Crippen molar-refractivity contribution in [2.24, 2.45) is 0 Å². The number of anilines is 1. The molecule has 1 aromatic carbocycles. The summed E-state index contributed by atoms with van der Waals surface area (Å²) in [7, 11) is 1.66. The maximum atomic E-state index is 11.2. The largest absolute Gasteiger partial charge is 0.326 e. The highest BCUT2D eigenvalue weighted by Gasteiger charge is 2.19. The van der Waals surface area contributed by atoms with Crippen molar-refractivity contribution in [1.29, 1.82) is 0 Å². The van der Waals surface area contributed by atoms with Gasteiger partial charge in [0, 0.05) is 22.8 Å². The third-order valence-corrected chi connectivity index (χ3v) is 3.46. The third kappa shape index (κ3) is 2.54. The summed E-state index contributed by atoms with van der Waals surface area (Å²) in [6.07, 6.45) is 0.941. The molecule has 0 aromatic heterocycles. The first-order chi connectivity index (χ1) is 7.46. The van der Waals surface area contributed by atoms with Gasteiger partial charge in [0.15, 0.2) is 0 Å². The van der Waals surface area contributed by atoms with Gasteiger partial charge in [-0.15, -0.1) is 0 Å². The van der Waals surface area contributed by atoms with Gasteiger partial charge in [0.05, 0.1) is 5.75 Å². The van der Waals surface area contributed by atoms with Gasteiger partial charge in [-0.1, -0.05) is 12.1 Å². The Bertz CT molecular complexity index is 539. The van der Waals surface area contributed by atoms with E-state index in [9.17, 15) is 13.2 Å². The van der Waals surface area contributed by atoms with Gasteiger partial charge in [-0.3, -0.25) is 4.79 Å². The van der Waals surface area contributed by atoms with Crippen LogP contribution in [0, 0.1) is 0 Å². The van der Waals surface area contributed by atoms with Crippen LogP contribution in [-0.4, -0.2) is 14.3 Å². The SMILES string of the molecule is O=C1CCc2c(CS(=O)(=O)Cl)cccc2N1. The number of hydrogen-bond donors (Lipinski definition) is 1. The molecule has 1 aliphatic heterocycles. The highest BCUT2D eigenvalue weighted by atomic mass is 35.7. The summed E-state index contributed by atoms with van der Waals surface area (Å²) in [6, 6.07) is 5.19. The second-order valence-electron chi connectivity index (χ2n) is 3.67. The van der Waals surface area contributed by atoms with E-state index in [1.165, 1.54) is 0 Å². The van der Waals surface area contributed by atoms with Gasteiger partial charge < -0.3 is 5.32 Å². The van der Waals surface area contributed by atoms with E-state index in [0.717, 1.165) is 5.56 Å². The first-order valence-electron chi connectivity index (χ1n) is 4.79. The molecule has 0 saturated heterocycles. The predicted molar refractivity (Wildman–Crippen MR) is 61.9 cm³/mol. The average molecular weight is 260 g/mol. The zero-order chi connectivity index (χ0) is 11.8. The van der Waals surface area contributed by atoms with Crippen LogP contribution in [0.2, 0.25) is 0 Å². The van der Waals surface area contributed by atoms with Crippen LogP contribution in [0.1, 0.15) is 17.5 Å². The van der Waals surface area contributed by atoms with E-state index in [-0.39, 0.29) is 11.7 Å². The first-order valence-corrected chi connectivity index (χ1v) is 7.26. The monoisotopic (exact) mass is 259 g/mol. The Morgan fingerprint density at radius 2 is 2.06 bits per heavy atom. The van der Waals surface area contributed by atoms with Crippen LogP contribution >= 0.6 is 10.7 Å². The second-order valence-corrected chi connectivity index (χ2v) is 6.45. The molecule has 16 heavy (non-hydrogen) atoms. The highest BCUT2D eigenvalue weighted by molar-refractivity contribution is 8.13. The van der Waals surface area contributed by atoms with Gasteiger partial charge in [0.2, 0.25) is 15.0 Å². The Labute approximate surface area is 98.0 Å². The minimum absolute atomic E-state index is 0.0432. The Hall–Kier alpha value is -1.07. The summed E-state index contributed by atoms with van der Waals surface area (Å²) >= 11 is 0. The van der Waals surface area contributed by atoms with Crippen molar-refractivity contribution in [2.45, 2.75) is 18.6 Å². The second kappa shape index (κ2) is 4.07. The quantitative estimate of drug-likeness (QED) is 0.822. The van der Waals surface area contributed by atoms with E-state index in [0.29, 0.717) is 24.1 Å². The number of halogens is 1. The highest BCUT2D eigenvalue weighted by Crippen LogP contribution is 2.27. The molecule has 0 unspecified atom stereocenters. The zero-order valence-corrected chi connectivity index (χ0v) is 9.94. The fourth-order valence-electron chi connectivity index (χ4n) is 1.82. The first kappa shape index (κ1) is 11.4. The number of hydrogen-bond acceptors (Lipinski definition) is 3. The molecule has 1 N–H and O–H groups in total. The normalized spacial score (nSPS) is 15.4. The van der Waals surface area contributed by atoms with Crippen LogP contribution in [-0.2, 0) is 26.0 Å². The fraction of sp³-hybridized carbons (Fsp3) is 0.300. The molecule has 0 radical (unpaired) electrons. The van der Waals surface area contributed by atoms with Gasteiger partial charge in [0.1, 0.15) is 0 Å². The maximum Gasteiger partial charge on any atom is 0.236 e. The lowest BCUT2D eigenvalue weighted by atomic mass is 9.98. The lowest BCUT2D eigenvalue weighted by Gasteiger charge is -2.19. The fourth-order valence-corrected chi connectivity index (χ4v) is 2.81. The molecule has 0 aliphatic carbocycles. The molecular weight excluding hydrogens is 250 g/mol. The number of fused-ring (bicyclic) bond motifs is 1. The summed E-state index contributed by atoms with van der Waals surface area (Å²) < 4.78 is 22.1. The topological polar surface area (TPSA) is 63.2 Å². The third-order valence-electron chi connectivity index (χ3n) is 2.48. The van der Waals surface area contributed by atoms with Gasteiger partial charge in [0.25, 0.3) is 0 Å². The molecule has 4 nitrogen and oxygen atoms in total. The van der Waals surface area contributed by atoms with Gasteiger partial charge >= 0.3 is 0 Å². The summed E-state index contributed by atoms with van der Waals surface area (Å²) in [4.78, 5) is 11.2. The minimum Gasteiger partial charge on any atom is -0.326 e. The number of amides is 1. The van der Waals surface area contributed by atoms with Gasteiger partial charge in [-0.05, 0) is 23.6 Å². The minimum atomic E-state index is -3.56. The molecule has 2 rings (SSSR count). The van der Waals surface area contributed by atoms with E-state index in [1.54, 1.807) is 18.2 Å². The molecule has 0 fully saturated rings. The number of benzene rings is 1. The number of carbonyl (C=O) groups is 1. The van der Waals surface area contributed by atoms with Crippen LogP contribution < -0.4 is 5.32 Å². The van der Waals surface area contributed by atoms with Crippen LogP contribution in [0.25, 0.3) is 0 Å². The van der Waals surface area contributed by atoms with E-state index >= 15 is 0 Å². The Morgan fingerprint density at radius 3 is 2.75 bits per heavy atom. The van der Waals surface area contributed by atoms with Crippen molar-refractivity contribution in [1.82, 2.24) is 0 Å². The molecule has 0 atom stereocenters. The molecule has 6 heteroatoms. The zero-order valence-electron chi connectivity index (χ0n) is 8.36. The number of carbonyl (C=O) groups excluding carboxylic acids is 1. The van der Waals surface area contributed by atoms with E-state index in [2.05, 4.69) is 5.32 Å². The van der Waals surface area contributed by atoms with Crippen molar-refractivity contribution in [2.75, 3.05) is 5.32 Å². The molecule has 1 amide bonds. The Balaban J connectivity index is 2.41. The summed E-state index contributed by atoms with van der Waals surface area (Å²) in [6.45, 7) is 0. The standard InChI is InChI=1S/C10H10ClNO3S/c11-16(14,15)6-7-2-1-3-9-8(7)4-5-10(13)12-9/h1-3H,4-6H2,(H,12,13). The van der Waals surface area contributed by atoms with Crippen molar-refractivity contribution in [3.63, 3.8) is 0 Å². The van der Waals surface area contributed by atoms with Crippen LogP contribution in [0.15, 0.2) is 18.2 Å². The molecule has 1 heterocycles. The molecular formula is C10H10ClNO3S. The van der Waals surface area contributed by atoms with Crippen molar-refractivity contribution in [3.8, 4) is 0 Å². The van der Waals surface area contributed by atoms with E-state index in [4.69, 9.17) is 10.7 Å². The van der Waals surface area contributed by atoms with Crippen molar-refractivity contribution >= 4 is 31.3 Å². The average Bonchev–Trinajstić information content (AvgIpc) is 2.15. The number of nitrogens with one attached hydrogen (secondary N) is 1. The Kier molecular flexibility index (Phi) is 2.90. The summed E-state index contributed by atoms with van der Waals surface area (Å²) in [5.74, 6) is -0.244. The smallest absolute Gasteiger partial charge is 0.236 e. The molecule has 0 spiro atoms. The number of rotatable bonds is 2. The molecule has 0 saturated carbocycles. The maximum absolute atomic E-state index is 11.2. The summed E-state index contributed by atoms with van der Waals surface area (Å²) in [5.41, 5.74) is 2.22. The van der Waals surface area contributed by atoms with E-state index < -0.39 is 9.05 Å². The molecule has 1 aromatic rings. The van der Waals surface area contributed by atoms with E-state index in [1.807, 2.05) is 0 Å². The molecule has 1 aliphatic rings. The van der Waals surface area contributed by atoms with Crippen molar-refractivity contribution in [3.05, 3.63) is 29.3 Å². The predicted octanol–water partition coefficient (Wildman–Crippen LogP) is 1.64. The van der Waals surface area contributed by atoms with Gasteiger partial charge in [-0.2, -0.15) is 0 Å². The van der Waals surface area contributed by atoms with Crippen LogP contribution in [0.3, 0.4) is 0 Å². The summed E-state index contributed by atoms with van der Waals surface area (Å²) in [5, 5.41) is 2.71. The molecule has 86 valence electrons.